The average molecular weight is 275 g/mol. The lowest BCUT2D eigenvalue weighted by atomic mass is 10.1. The van der Waals surface area contributed by atoms with Crippen LogP contribution in [0.4, 0.5) is 5.69 Å². The lowest BCUT2D eigenvalue weighted by molar-refractivity contribution is 0.0946. The molecule has 1 unspecified atom stereocenters. The van der Waals surface area contributed by atoms with Gasteiger partial charge in [-0.05, 0) is 44.0 Å². The van der Waals surface area contributed by atoms with E-state index in [-0.39, 0.29) is 5.91 Å². The second kappa shape index (κ2) is 7.29. The first kappa shape index (κ1) is 14.9. The van der Waals surface area contributed by atoms with Gasteiger partial charge >= 0.3 is 0 Å². The van der Waals surface area contributed by atoms with Gasteiger partial charge in [-0.3, -0.25) is 4.79 Å². The minimum atomic E-state index is 0.00298. The highest BCUT2D eigenvalue weighted by molar-refractivity contribution is 5.99. The molecule has 1 aromatic carbocycles. The summed E-state index contributed by atoms with van der Waals surface area (Å²) in [5, 5.41) is 6.10. The van der Waals surface area contributed by atoms with Crippen LogP contribution in [0, 0.1) is 5.92 Å². The lowest BCUT2D eigenvalue weighted by Crippen LogP contribution is -2.34. The van der Waals surface area contributed by atoms with Crippen molar-refractivity contribution in [2.45, 2.75) is 19.8 Å². The van der Waals surface area contributed by atoms with Crippen LogP contribution in [0.5, 0.6) is 0 Å². The van der Waals surface area contributed by atoms with Crippen molar-refractivity contribution in [2.24, 2.45) is 5.92 Å². The molecule has 20 heavy (non-hydrogen) atoms. The van der Waals surface area contributed by atoms with Gasteiger partial charge in [0.05, 0.1) is 5.56 Å². The van der Waals surface area contributed by atoms with Crippen LogP contribution in [-0.2, 0) is 0 Å². The number of hydrogen-bond donors (Lipinski definition) is 2. The SMILES string of the molecule is CNc1ccccc1C(=O)NCC(C)CN1CCCC1. The Balaban J connectivity index is 1.82. The lowest BCUT2D eigenvalue weighted by Gasteiger charge is -2.20. The highest BCUT2D eigenvalue weighted by Crippen LogP contribution is 2.14. The highest BCUT2D eigenvalue weighted by Gasteiger charge is 2.16. The molecule has 1 saturated heterocycles. The number of carbonyl (C=O) groups is 1. The number of nitrogens with one attached hydrogen (secondary N) is 2. The van der Waals surface area contributed by atoms with E-state index in [0.717, 1.165) is 18.8 Å². The van der Waals surface area contributed by atoms with E-state index >= 15 is 0 Å². The topological polar surface area (TPSA) is 44.4 Å². The number of hydrogen-bond acceptors (Lipinski definition) is 3. The first-order valence-corrected chi connectivity index (χ1v) is 7.48. The molecule has 1 amide bonds. The Morgan fingerprint density at radius 1 is 1.30 bits per heavy atom. The standard InChI is InChI=1S/C16H25N3O/c1-13(12-19-9-5-6-10-19)11-18-16(20)14-7-3-4-8-15(14)17-2/h3-4,7-8,13,17H,5-6,9-12H2,1-2H3,(H,18,20). The van der Waals surface area contributed by atoms with Crippen molar-refractivity contribution in [1.82, 2.24) is 10.2 Å². The monoisotopic (exact) mass is 275 g/mol. The number of rotatable bonds is 6. The van der Waals surface area contributed by atoms with E-state index in [2.05, 4.69) is 22.5 Å². The molecule has 1 aliphatic heterocycles. The van der Waals surface area contributed by atoms with Gasteiger partial charge in [-0.1, -0.05) is 19.1 Å². The van der Waals surface area contributed by atoms with E-state index in [1.54, 1.807) is 0 Å². The molecule has 4 heteroatoms. The smallest absolute Gasteiger partial charge is 0.253 e. The number of anilines is 1. The third-order valence-corrected chi connectivity index (χ3v) is 3.82. The summed E-state index contributed by atoms with van der Waals surface area (Å²) in [6, 6.07) is 7.59. The van der Waals surface area contributed by atoms with E-state index in [1.807, 2.05) is 31.3 Å². The molecule has 1 atom stereocenters. The third kappa shape index (κ3) is 3.97. The molecule has 0 aromatic heterocycles. The largest absolute Gasteiger partial charge is 0.387 e. The molecule has 0 spiro atoms. The number of para-hydroxylation sites is 1. The first-order chi connectivity index (χ1) is 9.70. The molecule has 1 heterocycles. The van der Waals surface area contributed by atoms with Gasteiger partial charge in [-0.2, -0.15) is 0 Å². The van der Waals surface area contributed by atoms with Crippen molar-refractivity contribution in [3.05, 3.63) is 29.8 Å². The van der Waals surface area contributed by atoms with Crippen molar-refractivity contribution < 1.29 is 4.79 Å². The minimum Gasteiger partial charge on any atom is -0.387 e. The van der Waals surface area contributed by atoms with Crippen molar-refractivity contribution in [2.75, 3.05) is 38.5 Å². The fourth-order valence-corrected chi connectivity index (χ4v) is 2.73. The summed E-state index contributed by atoms with van der Waals surface area (Å²) in [6.45, 7) is 6.42. The molecule has 2 N–H and O–H groups in total. The van der Waals surface area contributed by atoms with Crippen molar-refractivity contribution in [1.29, 1.82) is 0 Å². The minimum absolute atomic E-state index is 0.00298. The van der Waals surface area contributed by atoms with Gasteiger partial charge < -0.3 is 15.5 Å². The summed E-state index contributed by atoms with van der Waals surface area (Å²) in [7, 11) is 1.84. The highest BCUT2D eigenvalue weighted by atomic mass is 16.1. The van der Waals surface area contributed by atoms with Crippen LogP contribution in [0.3, 0.4) is 0 Å². The van der Waals surface area contributed by atoms with Gasteiger partial charge in [0.25, 0.3) is 5.91 Å². The second-order valence-corrected chi connectivity index (χ2v) is 5.62. The predicted molar refractivity (Wildman–Crippen MR) is 83.2 cm³/mol. The Bertz CT molecular complexity index is 441. The van der Waals surface area contributed by atoms with E-state index < -0.39 is 0 Å². The van der Waals surface area contributed by atoms with E-state index in [0.29, 0.717) is 11.5 Å². The zero-order chi connectivity index (χ0) is 14.4. The van der Waals surface area contributed by atoms with Crippen LogP contribution in [0.25, 0.3) is 0 Å². The van der Waals surface area contributed by atoms with Crippen LogP contribution >= 0.6 is 0 Å². The van der Waals surface area contributed by atoms with Crippen LogP contribution in [0.1, 0.15) is 30.1 Å². The zero-order valence-corrected chi connectivity index (χ0v) is 12.5. The van der Waals surface area contributed by atoms with Crippen LogP contribution in [0.15, 0.2) is 24.3 Å². The van der Waals surface area contributed by atoms with Gasteiger partial charge in [-0.15, -0.1) is 0 Å². The molecular formula is C16H25N3O. The maximum atomic E-state index is 12.2. The normalized spacial score (nSPS) is 16.9. The molecule has 0 aliphatic carbocycles. The van der Waals surface area contributed by atoms with E-state index in [4.69, 9.17) is 0 Å². The van der Waals surface area contributed by atoms with Gasteiger partial charge in [0.1, 0.15) is 0 Å². The molecule has 0 radical (unpaired) electrons. The first-order valence-electron chi connectivity index (χ1n) is 7.48. The molecule has 2 rings (SSSR count). The Hall–Kier alpha value is -1.55. The molecule has 1 aliphatic rings. The summed E-state index contributed by atoms with van der Waals surface area (Å²) >= 11 is 0. The molecule has 0 saturated carbocycles. The fraction of sp³-hybridized carbons (Fsp3) is 0.562. The summed E-state index contributed by atoms with van der Waals surface area (Å²) in [6.07, 6.45) is 2.63. The number of amides is 1. The summed E-state index contributed by atoms with van der Waals surface area (Å²) in [5.74, 6) is 0.488. The number of likely N-dealkylation sites (tertiary alicyclic amines) is 1. The Kier molecular flexibility index (Phi) is 5.41. The second-order valence-electron chi connectivity index (χ2n) is 5.62. The Morgan fingerprint density at radius 2 is 2.00 bits per heavy atom. The molecule has 4 nitrogen and oxygen atoms in total. The Morgan fingerprint density at radius 3 is 2.70 bits per heavy atom. The Labute approximate surface area is 121 Å². The van der Waals surface area contributed by atoms with Crippen LogP contribution in [-0.4, -0.2) is 44.0 Å². The predicted octanol–water partition coefficient (Wildman–Crippen LogP) is 2.19. The summed E-state index contributed by atoms with van der Waals surface area (Å²) in [4.78, 5) is 14.7. The van der Waals surface area contributed by atoms with Crippen LogP contribution < -0.4 is 10.6 Å². The number of nitrogens with zero attached hydrogens (tertiary/aromatic N) is 1. The van der Waals surface area contributed by atoms with E-state index in [1.165, 1.54) is 25.9 Å². The quantitative estimate of drug-likeness (QED) is 0.836. The third-order valence-electron chi connectivity index (χ3n) is 3.82. The van der Waals surface area contributed by atoms with Gasteiger partial charge in [-0.25, -0.2) is 0 Å². The zero-order valence-electron chi connectivity index (χ0n) is 12.5. The fourth-order valence-electron chi connectivity index (χ4n) is 2.73. The summed E-state index contributed by atoms with van der Waals surface area (Å²) in [5.41, 5.74) is 1.58. The van der Waals surface area contributed by atoms with Crippen molar-refractivity contribution in [3.8, 4) is 0 Å². The molecule has 0 bridgehead atoms. The number of carbonyl (C=O) groups excluding carboxylic acids is 1. The average Bonchev–Trinajstić information content (AvgIpc) is 2.97. The van der Waals surface area contributed by atoms with Crippen LogP contribution in [0.2, 0.25) is 0 Å². The maximum absolute atomic E-state index is 12.2. The molecule has 1 fully saturated rings. The number of benzene rings is 1. The molecular weight excluding hydrogens is 250 g/mol. The molecule has 1 aromatic rings. The maximum Gasteiger partial charge on any atom is 0.253 e. The van der Waals surface area contributed by atoms with Gasteiger partial charge in [0.2, 0.25) is 0 Å². The van der Waals surface area contributed by atoms with Crippen molar-refractivity contribution >= 4 is 11.6 Å². The van der Waals surface area contributed by atoms with Gasteiger partial charge in [0.15, 0.2) is 0 Å². The van der Waals surface area contributed by atoms with Crippen molar-refractivity contribution in [3.63, 3.8) is 0 Å². The molecule has 110 valence electrons. The van der Waals surface area contributed by atoms with E-state index in [9.17, 15) is 4.79 Å². The van der Waals surface area contributed by atoms with Gasteiger partial charge in [0, 0.05) is 25.8 Å². The summed E-state index contributed by atoms with van der Waals surface area (Å²) < 4.78 is 0.